The van der Waals surface area contributed by atoms with E-state index in [1.54, 1.807) is 0 Å². The van der Waals surface area contributed by atoms with Gasteiger partial charge in [-0.15, -0.1) is 12.3 Å². The molecule has 44 valence electrons. The fourth-order valence-corrected chi connectivity index (χ4v) is 0.444. The highest BCUT2D eigenvalue weighted by Crippen LogP contribution is 1.94. The molecule has 0 aromatic rings. The van der Waals surface area contributed by atoms with Gasteiger partial charge in [0.15, 0.2) is 0 Å². The van der Waals surface area contributed by atoms with Crippen LogP contribution in [-0.2, 0) is 0 Å². The number of terminal acetylenes is 1. The highest BCUT2D eigenvalue weighted by atomic mass is 13.8. The Labute approximate surface area is 51.6 Å². The molecular formula is C8H12. The molecule has 0 radical (unpaired) electrons. The zero-order chi connectivity index (χ0) is 6.41. The summed E-state index contributed by atoms with van der Waals surface area (Å²) in [4.78, 5) is 0. The van der Waals surface area contributed by atoms with Crippen LogP contribution < -0.4 is 0 Å². The summed E-state index contributed by atoms with van der Waals surface area (Å²) >= 11 is 0. The predicted octanol–water partition coefficient (Wildman–Crippen LogP) is 2.37. The summed E-state index contributed by atoms with van der Waals surface area (Å²) < 4.78 is 0. The van der Waals surface area contributed by atoms with Gasteiger partial charge in [-0.25, -0.2) is 0 Å². The summed E-state index contributed by atoms with van der Waals surface area (Å²) in [6, 6.07) is 0. The van der Waals surface area contributed by atoms with Crippen molar-refractivity contribution in [2.75, 3.05) is 0 Å². The molecule has 0 saturated heterocycles. The van der Waals surface area contributed by atoms with E-state index in [0.717, 1.165) is 12.8 Å². The van der Waals surface area contributed by atoms with Crippen molar-refractivity contribution in [3.05, 3.63) is 11.6 Å². The van der Waals surface area contributed by atoms with E-state index in [9.17, 15) is 0 Å². The Bertz CT molecular complexity index is 108. The average molecular weight is 108 g/mol. The minimum absolute atomic E-state index is 0.866. The van der Waals surface area contributed by atoms with E-state index >= 15 is 0 Å². The highest BCUT2D eigenvalue weighted by molar-refractivity contribution is 4.96. The molecule has 0 fully saturated rings. The summed E-state index contributed by atoms with van der Waals surface area (Å²) in [7, 11) is 0. The fraction of sp³-hybridized carbons (Fsp3) is 0.500. The van der Waals surface area contributed by atoms with Crippen LogP contribution in [0.25, 0.3) is 0 Å². The van der Waals surface area contributed by atoms with Gasteiger partial charge in [0, 0.05) is 6.42 Å². The van der Waals surface area contributed by atoms with Gasteiger partial charge < -0.3 is 0 Å². The monoisotopic (exact) mass is 108 g/mol. The Morgan fingerprint density at radius 2 is 2.25 bits per heavy atom. The van der Waals surface area contributed by atoms with Crippen LogP contribution in [-0.4, -0.2) is 0 Å². The quantitative estimate of drug-likeness (QED) is 0.289. The molecule has 0 aliphatic heterocycles. The van der Waals surface area contributed by atoms with Crippen molar-refractivity contribution in [1.29, 1.82) is 0 Å². The second-order valence-electron chi connectivity index (χ2n) is 2.02. The smallest absolute Gasteiger partial charge is 0.0121 e. The van der Waals surface area contributed by atoms with Gasteiger partial charge in [0.25, 0.3) is 0 Å². The number of hydrogen-bond acceptors (Lipinski definition) is 0. The van der Waals surface area contributed by atoms with Crippen LogP contribution in [0.5, 0.6) is 0 Å². The van der Waals surface area contributed by atoms with Gasteiger partial charge in [-0.3, -0.25) is 0 Å². The van der Waals surface area contributed by atoms with E-state index in [1.165, 1.54) is 5.57 Å². The lowest BCUT2D eigenvalue weighted by Gasteiger charge is -1.85. The first kappa shape index (κ1) is 7.30. The predicted molar refractivity (Wildman–Crippen MR) is 37.5 cm³/mol. The van der Waals surface area contributed by atoms with Crippen LogP contribution in [0.2, 0.25) is 0 Å². The van der Waals surface area contributed by atoms with Crippen molar-refractivity contribution in [1.82, 2.24) is 0 Å². The fourth-order valence-electron chi connectivity index (χ4n) is 0.444. The molecule has 0 atom stereocenters. The molecule has 0 spiro atoms. The van der Waals surface area contributed by atoms with Crippen molar-refractivity contribution >= 4 is 0 Å². The van der Waals surface area contributed by atoms with Crippen LogP contribution >= 0.6 is 0 Å². The minimum atomic E-state index is 0.866. The van der Waals surface area contributed by atoms with Gasteiger partial charge in [-0.05, 0) is 20.3 Å². The summed E-state index contributed by atoms with van der Waals surface area (Å²) in [5, 5.41) is 0. The van der Waals surface area contributed by atoms with Crippen LogP contribution in [0.3, 0.4) is 0 Å². The van der Waals surface area contributed by atoms with Crippen molar-refractivity contribution in [3.63, 3.8) is 0 Å². The van der Waals surface area contributed by atoms with Gasteiger partial charge in [0.1, 0.15) is 0 Å². The van der Waals surface area contributed by atoms with Gasteiger partial charge >= 0.3 is 0 Å². The van der Waals surface area contributed by atoms with E-state index in [2.05, 4.69) is 25.8 Å². The Morgan fingerprint density at radius 3 is 2.62 bits per heavy atom. The third kappa shape index (κ3) is 5.30. The third-order valence-corrected chi connectivity index (χ3v) is 0.841. The number of rotatable bonds is 2. The Kier molecular flexibility index (Phi) is 4.07. The highest BCUT2D eigenvalue weighted by Gasteiger charge is 1.75. The number of unbranched alkanes of at least 4 members (excludes halogenated alkanes) is 1. The molecule has 0 heterocycles. The lowest BCUT2D eigenvalue weighted by atomic mass is 10.2. The second-order valence-corrected chi connectivity index (χ2v) is 2.02. The molecule has 0 N–H and O–H groups in total. The Hall–Kier alpha value is -0.700. The molecule has 0 rings (SSSR count). The summed E-state index contributed by atoms with van der Waals surface area (Å²) in [6.45, 7) is 4.16. The molecule has 0 unspecified atom stereocenters. The molecule has 0 bridgehead atoms. The van der Waals surface area contributed by atoms with Gasteiger partial charge in [0.05, 0.1) is 0 Å². The average Bonchev–Trinajstić information content (AvgIpc) is 1.66. The summed E-state index contributed by atoms with van der Waals surface area (Å²) in [6.07, 6.45) is 9.08. The molecule has 0 aliphatic rings. The molecular weight excluding hydrogens is 96.1 g/mol. The molecule has 0 aliphatic carbocycles. The van der Waals surface area contributed by atoms with Crippen molar-refractivity contribution in [3.8, 4) is 12.3 Å². The molecule has 8 heavy (non-hydrogen) atoms. The second kappa shape index (κ2) is 4.46. The van der Waals surface area contributed by atoms with Crippen LogP contribution in [0.1, 0.15) is 26.7 Å². The Morgan fingerprint density at radius 1 is 1.62 bits per heavy atom. The largest absolute Gasteiger partial charge is 0.120 e. The summed E-state index contributed by atoms with van der Waals surface area (Å²) in [5.41, 5.74) is 1.35. The SMILES string of the molecule is C#CCCC=C(C)C. The summed E-state index contributed by atoms with van der Waals surface area (Å²) in [5.74, 6) is 2.58. The third-order valence-electron chi connectivity index (χ3n) is 0.841. The van der Waals surface area contributed by atoms with Crippen molar-refractivity contribution in [2.45, 2.75) is 26.7 Å². The normalized spacial score (nSPS) is 7.62. The first-order chi connectivity index (χ1) is 3.77. The maximum Gasteiger partial charge on any atom is 0.0121 e. The van der Waals surface area contributed by atoms with Crippen LogP contribution in [0.15, 0.2) is 11.6 Å². The van der Waals surface area contributed by atoms with Crippen molar-refractivity contribution < 1.29 is 0 Å². The van der Waals surface area contributed by atoms with Gasteiger partial charge in [-0.1, -0.05) is 11.6 Å². The molecule has 0 aromatic carbocycles. The maximum absolute atomic E-state index is 5.04. The minimum Gasteiger partial charge on any atom is -0.120 e. The maximum atomic E-state index is 5.04. The van der Waals surface area contributed by atoms with E-state index in [0.29, 0.717) is 0 Å². The molecule has 0 saturated carbocycles. The van der Waals surface area contributed by atoms with Crippen molar-refractivity contribution in [2.24, 2.45) is 0 Å². The van der Waals surface area contributed by atoms with E-state index in [1.807, 2.05) is 0 Å². The lowest BCUT2D eigenvalue weighted by Crippen LogP contribution is -1.66. The zero-order valence-electron chi connectivity index (χ0n) is 5.57. The number of allylic oxidation sites excluding steroid dienone is 2. The van der Waals surface area contributed by atoms with Gasteiger partial charge in [0.2, 0.25) is 0 Å². The molecule has 0 nitrogen and oxygen atoms in total. The molecule has 0 amide bonds. The standard InChI is InChI=1S/C8H12/c1-4-5-6-7-8(2)3/h1,7H,5-6H2,2-3H3. The van der Waals surface area contributed by atoms with Crippen LogP contribution in [0.4, 0.5) is 0 Å². The molecule has 0 aromatic heterocycles. The first-order valence-electron chi connectivity index (χ1n) is 2.84. The van der Waals surface area contributed by atoms with E-state index in [4.69, 9.17) is 6.42 Å². The lowest BCUT2D eigenvalue weighted by molar-refractivity contribution is 1.06. The van der Waals surface area contributed by atoms with Crippen LogP contribution in [0, 0.1) is 12.3 Å². The molecule has 0 heteroatoms. The topological polar surface area (TPSA) is 0 Å². The van der Waals surface area contributed by atoms with E-state index < -0.39 is 0 Å². The number of hydrogen-bond donors (Lipinski definition) is 0. The zero-order valence-corrected chi connectivity index (χ0v) is 5.57. The van der Waals surface area contributed by atoms with Gasteiger partial charge in [-0.2, -0.15) is 0 Å². The Balaban J connectivity index is 3.20. The van der Waals surface area contributed by atoms with E-state index in [-0.39, 0.29) is 0 Å². The first-order valence-corrected chi connectivity index (χ1v) is 2.84.